The summed E-state index contributed by atoms with van der Waals surface area (Å²) in [5.74, 6) is 0.208. The van der Waals surface area contributed by atoms with Crippen LogP contribution in [0.3, 0.4) is 0 Å². The zero-order chi connectivity index (χ0) is 14.5. The van der Waals surface area contributed by atoms with Crippen LogP contribution < -0.4 is 5.32 Å². The number of carbonyl (C=O) groups excluding carboxylic acids is 1. The number of rotatable bonds is 5. The molecule has 0 radical (unpaired) electrons. The Morgan fingerprint density at radius 1 is 1.24 bits per heavy atom. The van der Waals surface area contributed by atoms with Crippen LogP contribution in [0.1, 0.15) is 16.0 Å². The summed E-state index contributed by atoms with van der Waals surface area (Å²) >= 11 is 1.80. The summed E-state index contributed by atoms with van der Waals surface area (Å²) in [6, 6.07) is 12.5. The van der Waals surface area contributed by atoms with E-state index in [2.05, 4.69) is 28.9 Å². The van der Waals surface area contributed by atoms with Crippen molar-refractivity contribution in [3.63, 3.8) is 0 Å². The fourth-order valence-corrected chi connectivity index (χ4v) is 3.54. The van der Waals surface area contributed by atoms with Crippen molar-refractivity contribution in [3.8, 4) is 0 Å². The predicted octanol–water partition coefficient (Wildman–Crippen LogP) is 2.47. The number of thiophene rings is 1. The summed E-state index contributed by atoms with van der Waals surface area (Å²) in [4.78, 5) is 15.6. The lowest BCUT2D eigenvalue weighted by molar-refractivity contribution is -0.131. The van der Waals surface area contributed by atoms with Crippen LogP contribution in [0.25, 0.3) is 0 Å². The number of hydrogen-bond donors (Lipinski definition) is 1. The van der Waals surface area contributed by atoms with Crippen molar-refractivity contribution in [2.45, 2.75) is 19.4 Å². The van der Waals surface area contributed by atoms with Gasteiger partial charge in [0, 0.05) is 18.0 Å². The minimum absolute atomic E-state index is 0.208. The molecule has 1 N–H and O–H groups in total. The van der Waals surface area contributed by atoms with E-state index in [1.165, 1.54) is 16.0 Å². The lowest BCUT2D eigenvalue weighted by Crippen LogP contribution is -2.41. The van der Waals surface area contributed by atoms with Crippen LogP contribution in [-0.4, -0.2) is 30.4 Å². The Hall–Kier alpha value is -1.65. The summed E-state index contributed by atoms with van der Waals surface area (Å²) in [6.45, 7) is 2.91. The predicted molar refractivity (Wildman–Crippen MR) is 86.5 cm³/mol. The molecule has 0 bridgehead atoms. The third-order valence-corrected chi connectivity index (χ3v) is 4.89. The molecule has 21 heavy (non-hydrogen) atoms. The highest BCUT2D eigenvalue weighted by molar-refractivity contribution is 7.10. The maximum atomic E-state index is 12.2. The molecule has 1 aliphatic rings. The Morgan fingerprint density at radius 2 is 2.10 bits per heavy atom. The van der Waals surface area contributed by atoms with Crippen LogP contribution in [0.4, 0.5) is 0 Å². The van der Waals surface area contributed by atoms with Gasteiger partial charge in [-0.15, -0.1) is 11.3 Å². The highest BCUT2D eigenvalue weighted by Crippen LogP contribution is 2.23. The number of amides is 1. The Labute approximate surface area is 129 Å². The zero-order valence-corrected chi connectivity index (χ0v) is 12.9. The minimum Gasteiger partial charge on any atom is -0.337 e. The van der Waals surface area contributed by atoms with E-state index in [0.29, 0.717) is 6.54 Å². The second kappa shape index (κ2) is 6.87. The van der Waals surface area contributed by atoms with E-state index in [4.69, 9.17) is 0 Å². The number of carbonyl (C=O) groups is 1. The normalized spacial score (nSPS) is 14.0. The molecule has 2 aromatic rings. The van der Waals surface area contributed by atoms with Gasteiger partial charge in [0.15, 0.2) is 0 Å². The fraction of sp³-hybridized carbons (Fsp3) is 0.353. The lowest BCUT2D eigenvalue weighted by atomic mass is 10.1. The van der Waals surface area contributed by atoms with Gasteiger partial charge in [-0.2, -0.15) is 0 Å². The molecule has 1 aliphatic heterocycles. The van der Waals surface area contributed by atoms with Crippen LogP contribution in [0.5, 0.6) is 0 Å². The SMILES string of the molecule is O=C(CNCCc1ccccc1)N1CCc2sccc2C1. The van der Waals surface area contributed by atoms with Crippen molar-refractivity contribution in [1.82, 2.24) is 10.2 Å². The van der Waals surface area contributed by atoms with Gasteiger partial charge in [0.25, 0.3) is 0 Å². The summed E-state index contributed by atoms with van der Waals surface area (Å²) in [7, 11) is 0. The van der Waals surface area contributed by atoms with Crippen molar-refractivity contribution >= 4 is 17.2 Å². The number of nitrogens with zero attached hydrogens (tertiary/aromatic N) is 1. The average Bonchev–Trinajstić information content (AvgIpc) is 3.00. The van der Waals surface area contributed by atoms with Crippen LogP contribution in [0.2, 0.25) is 0 Å². The first-order valence-corrected chi connectivity index (χ1v) is 8.28. The quantitative estimate of drug-likeness (QED) is 0.860. The molecule has 4 heteroatoms. The van der Waals surface area contributed by atoms with E-state index in [0.717, 1.165) is 32.5 Å². The Balaban J connectivity index is 1.41. The Kier molecular flexibility index (Phi) is 4.68. The van der Waals surface area contributed by atoms with Gasteiger partial charge in [-0.05, 0) is 42.0 Å². The van der Waals surface area contributed by atoms with E-state index < -0.39 is 0 Å². The molecule has 0 fully saturated rings. The lowest BCUT2D eigenvalue weighted by Gasteiger charge is -2.27. The van der Waals surface area contributed by atoms with Gasteiger partial charge in [-0.1, -0.05) is 30.3 Å². The van der Waals surface area contributed by atoms with Crippen molar-refractivity contribution in [3.05, 3.63) is 57.8 Å². The number of benzene rings is 1. The van der Waals surface area contributed by atoms with Crippen LogP contribution in [0, 0.1) is 0 Å². The van der Waals surface area contributed by atoms with E-state index in [-0.39, 0.29) is 5.91 Å². The highest BCUT2D eigenvalue weighted by atomic mass is 32.1. The maximum absolute atomic E-state index is 12.2. The third kappa shape index (κ3) is 3.71. The molecular weight excluding hydrogens is 280 g/mol. The molecule has 1 aromatic carbocycles. The van der Waals surface area contributed by atoms with Gasteiger partial charge < -0.3 is 10.2 Å². The molecule has 0 spiro atoms. The topological polar surface area (TPSA) is 32.3 Å². The van der Waals surface area contributed by atoms with Gasteiger partial charge >= 0.3 is 0 Å². The Morgan fingerprint density at radius 3 is 2.95 bits per heavy atom. The minimum atomic E-state index is 0.208. The fourth-order valence-electron chi connectivity index (χ4n) is 2.65. The van der Waals surface area contributed by atoms with Gasteiger partial charge in [-0.25, -0.2) is 0 Å². The van der Waals surface area contributed by atoms with Crippen LogP contribution in [-0.2, 0) is 24.2 Å². The molecule has 3 rings (SSSR count). The second-order valence-corrected chi connectivity index (χ2v) is 6.35. The molecule has 2 heterocycles. The van der Waals surface area contributed by atoms with Crippen molar-refractivity contribution < 1.29 is 4.79 Å². The summed E-state index contributed by atoms with van der Waals surface area (Å²) in [5.41, 5.74) is 2.63. The van der Waals surface area contributed by atoms with Gasteiger partial charge in [-0.3, -0.25) is 4.79 Å². The molecule has 0 atom stereocenters. The van der Waals surface area contributed by atoms with E-state index in [9.17, 15) is 4.79 Å². The first-order chi connectivity index (χ1) is 10.3. The van der Waals surface area contributed by atoms with Crippen molar-refractivity contribution in [2.24, 2.45) is 0 Å². The van der Waals surface area contributed by atoms with Gasteiger partial charge in [0.1, 0.15) is 0 Å². The zero-order valence-electron chi connectivity index (χ0n) is 12.0. The molecule has 0 aliphatic carbocycles. The van der Waals surface area contributed by atoms with E-state index >= 15 is 0 Å². The van der Waals surface area contributed by atoms with Gasteiger partial charge in [0.05, 0.1) is 6.54 Å². The molecule has 0 unspecified atom stereocenters. The third-order valence-electron chi connectivity index (χ3n) is 3.87. The molecule has 110 valence electrons. The maximum Gasteiger partial charge on any atom is 0.236 e. The number of fused-ring (bicyclic) bond motifs is 1. The standard InChI is InChI=1S/C17H20N2OS/c20-17(12-18-9-6-14-4-2-1-3-5-14)19-10-7-16-15(13-19)8-11-21-16/h1-5,8,11,18H,6-7,9-10,12-13H2. The summed E-state index contributed by atoms with van der Waals surface area (Å²) in [5, 5.41) is 5.38. The second-order valence-electron chi connectivity index (χ2n) is 5.35. The number of hydrogen-bond acceptors (Lipinski definition) is 3. The van der Waals surface area contributed by atoms with Crippen LogP contribution in [0.15, 0.2) is 41.8 Å². The molecule has 1 amide bonds. The first kappa shape index (κ1) is 14.3. The van der Waals surface area contributed by atoms with Crippen LogP contribution >= 0.6 is 11.3 Å². The number of nitrogens with one attached hydrogen (secondary N) is 1. The smallest absolute Gasteiger partial charge is 0.236 e. The monoisotopic (exact) mass is 300 g/mol. The Bertz CT molecular complexity index is 594. The van der Waals surface area contributed by atoms with Gasteiger partial charge in [0.2, 0.25) is 5.91 Å². The van der Waals surface area contributed by atoms with E-state index in [1.54, 1.807) is 11.3 Å². The average molecular weight is 300 g/mol. The summed E-state index contributed by atoms with van der Waals surface area (Å²) in [6.07, 6.45) is 1.96. The largest absolute Gasteiger partial charge is 0.337 e. The molecule has 1 aromatic heterocycles. The first-order valence-electron chi connectivity index (χ1n) is 7.40. The summed E-state index contributed by atoms with van der Waals surface area (Å²) < 4.78 is 0. The van der Waals surface area contributed by atoms with Crippen molar-refractivity contribution in [1.29, 1.82) is 0 Å². The molecule has 0 saturated carbocycles. The van der Waals surface area contributed by atoms with E-state index in [1.807, 2.05) is 23.1 Å². The van der Waals surface area contributed by atoms with Crippen molar-refractivity contribution in [2.75, 3.05) is 19.6 Å². The molecule has 3 nitrogen and oxygen atoms in total. The molecular formula is C17H20N2OS. The molecule has 0 saturated heterocycles. The highest BCUT2D eigenvalue weighted by Gasteiger charge is 2.20.